The van der Waals surface area contributed by atoms with Crippen molar-refractivity contribution in [2.24, 2.45) is 0 Å². The SMILES string of the molecule is CCc1cc(-c2[nH][nH]c(=S)c2-c2ccc(F)cc2C)c(O)c(C)c1O. The molecule has 1 heterocycles. The van der Waals surface area contributed by atoms with Gasteiger partial charge in [-0.15, -0.1) is 0 Å². The van der Waals surface area contributed by atoms with Crippen molar-refractivity contribution in [2.75, 3.05) is 0 Å². The molecule has 0 unspecified atom stereocenters. The van der Waals surface area contributed by atoms with Crippen LogP contribution in [0.25, 0.3) is 22.4 Å². The fourth-order valence-electron chi connectivity index (χ4n) is 3.05. The number of hydrogen-bond acceptors (Lipinski definition) is 3. The summed E-state index contributed by atoms with van der Waals surface area (Å²) in [5.74, 6) is -0.233. The van der Waals surface area contributed by atoms with Crippen LogP contribution in [0.5, 0.6) is 11.5 Å². The highest BCUT2D eigenvalue weighted by Crippen LogP contribution is 2.42. The summed E-state index contributed by atoms with van der Waals surface area (Å²) >= 11 is 5.40. The lowest BCUT2D eigenvalue weighted by Gasteiger charge is -2.14. The van der Waals surface area contributed by atoms with Crippen molar-refractivity contribution in [3.05, 3.63) is 51.4 Å². The molecule has 0 saturated heterocycles. The van der Waals surface area contributed by atoms with Gasteiger partial charge in [0.05, 0.1) is 5.69 Å². The van der Waals surface area contributed by atoms with E-state index in [-0.39, 0.29) is 17.3 Å². The number of aromatic hydroxyl groups is 2. The van der Waals surface area contributed by atoms with Gasteiger partial charge >= 0.3 is 0 Å². The van der Waals surface area contributed by atoms with Crippen molar-refractivity contribution in [1.29, 1.82) is 0 Å². The second kappa shape index (κ2) is 6.37. The highest BCUT2D eigenvalue weighted by Gasteiger charge is 2.20. The van der Waals surface area contributed by atoms with E-state index < -0.39 is 0 Å². The molecule has 1 aromatic heterocycles. The van der Waals surface area contributed by atoms with E-state index in [0.29, 0.717) is 33.4 Å². The number of aromatic nitrogens is 2. The summed E-state index contributed by atoms with van der Waals surface area (Å²) in [5, 5.41) is 26.6. The van der Waals surface area contributed by atoms with Crippen LogP contribution < -0.4 is 0 Å². The van der Waals surface area contributed by atoms with E-state index in [1.54, 1.807) is 19.1 Å². The fourth-order valence-corrected chi connectivity index (χ4v) is 3.31. The zero-order valence-corrected chi connectivity index (χ0v) is 15.0. The smallest absolute Gasteiger partial charge is 0.131 e. The van der Waals surface area contributed by atoms with Crippen LogP contribution in [0.15, 0.2) is 24.3 Å². The zero-order valence-electron chi connectivity index (χ0n) is 14.2. The van der Waals surface area contributed by atoms with Gasteiger partial charge in [0.1, 0.15) is 22.0 Å². The van der Waals surface area contributed by atoms with Crippen molar-refractivity contribution in [3.8, 4) is 33.9 Å². The molecule has 4 nitrogen and oxygen atoms in total. The molecule has 0 spiro atoms. The molecule has 0 aliphatic rings. The Hall–Kier alpha value is -2.60. The average molecular weight is 358 g/mol. The Morgan fingerprint density at radius 1 is 1.04 bits per heavy atom. The quantitative estimate of drug-likeness (QED) is 0.490. The highest BCUT2D eigenvalue weighted by atomic mass is 32.1. The van der Waals surface area contributed by atoms with Crippen LogP contribution in [0.4, 0.5) is 4.39 Å². The number of aryl methyl sites for hydroxylation is 2. The maximum atomic E-state index is 13.5. The summed E-state index contributed by atoms with van der Waals surface area (Å²) in [6.45, 7) is 5.40. The number of phenolic OH excluding ortho intramolecular Hbond substituents is 2. The van der Waals surface area contributed by atoms with Crippen LogP contribution in [0, 0.1) is 24.3 Å². The number of nitrogens with one attached hydrogen (secondary N) is 2. The molecule has 3 rings (SSSR count). The lowest BCUT2D eigenvalue weighted by Crippen LogP contribution is -1.93. The first kappa shape index (κ1) is 17.2. The van der Waals surface area contributed by atoms with Crippen molar-refractivity contribution in [1.82, 2.24) is 10.2 Å². The highest BCUT2D eigenvalue weighted by molar-refractivity contribution is 7.71. The predicted octanol–water partition coefficient (Wildman–Crippen LogP) is 5.14. The summed E-state index contributed by atoms with van der Waals surface area (Å²) in [6, 6.07) is 6.24. The third-order valence-corrected chi connectivity index (χ3v) is 4.78. The molecule has 3 aromatic rings. The summed E-state index contributed by atoms with van der Waals surface area (Å²) in [5.41, 5.74) is 4.50. The van der Waals surface area contributed by atoms with Gasteiger partial charge in [-0.3, -0.25) is 10.2 Å². The molecule has 0 saturated carbocycles. The van der Waals surface area contributed by atoms with E-state index in [0.717, 1.165) is 16.7 Å². The Morgan fingerprint density at radius 3 is 2.40 bits per heavy atom. The Morgan fingerprint density at radius 2 is 1.76 bits per heavy atom. The molecule has 0 radical (unpaired) electrons. The first-order chi connectivity index (χ1) is 11.8. The maximum Gasteiger partial charge on any atom is 0.131 e. The van der Waals surface area contributed by atoms with Crippen LogP contribution in [-0.4, -0.2) is 20.4 Å². The van der Waals surface area contributed by atoms with Gasteiger partial charge < -0.3 is 10.2 Å². The van der Waals surface area contributed by atoms with Gasteiger partial charge in [-0.1, -0.05) is 25.2 Å². The van der Waals surface area contributed by atoms with Crippen LogP contribution in [-0.2, 0) is 6.42 Å². The summed E-state index contributed by atoms with van der Waals surface area (Å²) in [4.78, 5) is 0. The van der Waals surface area contributed by atoms with E-state index in [9.17, 15) is 14.6 Å². The molecule has 0 bridgehead atoms. The molecule has 0 atom stereocenters. The molecule has 6 heteroatoms. The Balaban J connectivity index is 2.32. The van der Waals surface area contributed by atoms with Gasteiger partial charge in [-0.05, 0) is 55.2 Å². The molecule has 0 amide bonds. The lowest BCUT2D eigenvalue weighted by atomic mass is 9.94. The first-order valence-electron chi connectivity index (χ1n) is 7.97. The number of hydrogen-bond donors (Lipinski definition) is 4. The number of phenols is 2. The standard InChI is InChI=1S/C19H19FN2O2S/c1-4-11-8-14(18(24)10(3)17(11)23)16-15(19(25)22-21-16)13-6-5-12(20)7-9(13)2/h5-8,23-24H,4H2,1-3H3,(H2,21,22,25). The average Bonchev–Trinajstić information content (AvgIpc) is 2.94. The maximum absolute atomic E-state index is 13.5. The largest absolute Gasteiger partial charge is 0.507 e. The van der Waals surface area contributed by atoms with Crippen LogP contribution in [0.1, 0.15) is 23.6 Å². The van der Waals surface area contributed by atoms with Crippen molar-refractivity contribution < 1.29 is 14.6 Å². The summed E-state index contributed by atoms with van der Waals surface area (Å²) in [6.07, 6.45) is 0.621. The number of benzene rings is 2. The monoisotopic (exact) mass is 358 g/mol. The van der Waals surface area contributed by atoms with Crippen LogP contribution >= 0.6 is 12.2 Å². The third kappa shape index (κ3) is 2.82. The first-order valence-corrected chi connectivity index (χ1v) is 8.37. The van der Waals surface area contributed by atoms with E-state index in [2.05, 4.69) is 10.2 Å². The lowest BCUT2D eigenvalue weighted by molar-refractivity contribution is 0.440. The van der Waals surface area contributed by atoms with Crippen molar-refractivity contribution in [2.45, 2.75) is 27.2 Å². The predicted molar refractivity (Wildman–Crippen MR) is 99.0 cm³/mol. The number of rotatable bonds is 3. The molecule has 130 valence electrons. The molecule has 4 N–H and O–H groups in total. The van der Waals surface area contributed by atoms with Crippen LogP contribution in [0.3, 0.4) is 0 Å². The van der Waals surface area contributed by atoms with Gasteiger partial charge in [-0.2, -0.15) is 0 Å². The molecular weight excluding hydrogens is 339 g/mol. The topological polar surface area (TPSA) is 72.0 Å². The second-order valence-electron chi connectivity index (χ2n) is 6.05. The Labute approximate surface area is 150 Å². The third-order valence-electron chi connectivity index (χ3n) is 4.47. The molecule has 0 aliphatic heterocycles. The minimum atomic E-state index is -0.315. The fraction of sp³-hybridized carbons (Fsp3) is 0.211. The van der Waals surface area contributed by atoms with Gasteiger partial charge in [-0.25, -0.2) is 4.39 Å². The zero-order chi connectivity index (χ0) is 18.3. The normalized spacial score (nSPS) is 11.0. The van der Waals surface area contributed by atoms with Gasteiger partial charge in [0, 0.05) is 16.7 Å². The van der Waals surface area contributed by atoms with E-state index >= 15 is 0 Å². The number of H-pyrrole nitrogens is 2. The molecule has 2 aromatic carbocycles. The van der Waals surface area contributed by atoms with Crippen molar-refractivity contribution >= 4 is 12.2 Å². The summed E-state index contributed by atoms with van der Waals surface area (Å²) < 4.78 is 13.9. The van der Waals surface area contributed by atoms with Gasteiger partial charge in [0.25, 0.3) is 0 Å². The number of halogens is 1. The van der Waals surface area contributed by atoms with E-state index in [1.807, 2.05) is 13.8 Å². The van der Waals surface area contributed by atoms with Gasteiger partial charge in [0.15, 0.2) is 0 Å². The minimum Gasteiger partial charge on any atom is -0.507 e. The molecule has 0 fully saturated rings. The number of aromatic amines is 2. The van der Waals surface area contributed by atoms with Crippen molar-refractivity contribution in [3.63, 3.8) is 0 Å². The Bertz CT molecular complexity index is 1020. The van der Waals surface area contributed by atoms with Gasteiger partial charge in [0.2, 0.25) is 0 Å². The van der Waals surface area contributed by atoms with E-state index in [1.165, 1.54) is 12.1 Å². The minimum absolute atomic E-state index is 0.0130. The van der Waals surface area contributed by atoms with E-state index in [4.69, 9.17) is 12.2 Å². The molecule has 0 aliphatic carbocycles. The molecular formula is C19H19FN2O2S. The Kier molecular flexibility index (Phi) is 4.39. The summed E-state index contributed by atoms with van der Waals surface area (Å²) in [7, 11) is 0. The second-order valence-corrected chi connectivity index (χ2v) is 6.46. The van der Waals surface area contributed by atoms with Crippen LogP contribution in [0.2, 0.25) is 0 Å². The molecule has 25 heavy (non-hydrogen) atoms.